The topological polar surface area (TPSA) is 63.2 Å². The molecule has 0 radical (unpaired) electrons. The van der Waals surface area contributed by atoms with Gasteiger partial charge in [0.15, 0.2) is 10.9 Å². The summed E-state index contributed by atoms with van der Waals surface area (Å²) in [6.45, 7) is 2.15. The summed E-state index contributed by atoms with van der Waals surface area (Å²) in [5, 5.41) is 0.0871. The van der Waals surface area contributed by atoms with E-state index in [2.05, 4.69) is 25.9 Å². The summed E-state index contributed by atoms with van der Waals surface area (Å²) in [5.41, 5.74) is 0. The Bertz CT molecular complexity index is 483. The molecule has 0 saturated carbocycles. The maximum atomic E-state index is 11.9. The Balaban J connectivity index is 2.06. The number of nitrogens with zero attached hydrogens (tertiary/aromatic N) is 3. The van der Waals surface area contributed by atoms with Crippen molar-refractivity contribution in [1.29, 1.82) is 0 Å². The van der Waals surface area contributed by atoms with Gasteiger partial charge in [-0.1, -0.05) is 11.8 Å². The minimum Gasteiger partial charge on any atom is -0.295 e. The van der Waals surface area contributed by atoms with Crippen LogP contribution < -0.4 is 4.90 Å². The quantitative estimate of drug-likeness (QED) is 0.847. The summed E-state index contributed by atoms with van der Waals surface area (Å²) in [5.74, 6) is 1.53. The summed E-state index contributed by atoms with van der Waals surface area (Å²) < 4.78 is 0.707. The van der Waals surface area contributed by atoms with E-state index in [0.29, 0.717) is 29.0 Å². The van der Waals surface area contributed by atoms with Crippen LogP contribution in [0.15, 0.2) is 17.0 Å². The van der Waals surface area contributed by atoms with E-state index < -0.39 is 0 Å². The third-order valence-corrected chi connectivity index (χ3v) is 4.24. The van der Waals surface area contributed by atoms with E-state index >= 15 is 0 Å². The summed E-state index contributed by atoms with van der Waals surface area (Å²) in [7, 11) is 0. The Morgan fingerprint density at radius 2 is 2.44 bits per heavy atom. The van der Waals surface area contributed by atoms with E-state index in [0.717, 1.165) is 0 Å². The van der Waals surface area contributed by atoms with Crippen LogP contribution in [0.1, 0.15) is 13.3 Å². The monoisotopic (exact) mass is 329 g/mol. The molecule has 0 N–H and O–H groups in total. The molecule has 96 valence electrons. The first kappa shape index (κ1) is 13.5. The van der Waals surface area contributed by atoms with Gasteiger partial charge in [-0.2, -0.15) is 0 Å². The van der Waals surface area contributed by atoms with Gasteiger partial charge in [-0.25, -0.2) is 9.97 Å². The van der Waals surface area contributed by atoms with Crippen molar-refractivity contribution in [3.8, 4) is 0 Å². The van der Waals surface area contributed by atoms with Crippen LogP contribution in [-0.2, 0) is 9.59 Å². The minimum absolute atomic E-state index is 0.0450. The summed E-state index contributed by atoms with van der Waals surface area (Å²) in [6.07, 6.45) is 3.51. The highest BCUT2D eigenvalue weighted by molar-refractivity contribution is 9.10. The molecule has 7 heteroatoms. The van der Waals surface area contributed by atoms with Gasteiger partial charge >= 0.3 is 0 Å². The number of hydrogen-bond donors (Lipinski definition) is 0. The van der Waals surface area contributed by atoms with Crippen LogP contribution in [0.4, 0.5) is 5.82 Å². The minimum atomic E-state index is 0.0450. The number of halogens is 1. The van der Waals surface area contributed by atoms with Gasteiger partial charge in [-0.3, -0.25) is 14.5 Å². The average molecular weight is 330 g/mol. The molecule has 1 saturated heterocycles. The van der Waals surface area contributed by atoms with Crippen LogP contribution in [0.25, 0.3) is 0 Å². The Hall–Kier alpha value is -0.950. The summed E-state index contributed by atoms with van der Waals surface area (Å²) >= 11 is 4.61. The van der Waals surface area contributed by atoms with E-state index in [1.165, 1.54) is 18.1 Å². The zero-order valence-corrected chi connectivity index (χ0v) is 12.2. The third-order valence-electron chi connectivity index (χ3n) is 2.63. The van der Waals surface area contributed by atoms with Crippen molar-refractivity contribution in [3.05, 3.63) is 17.0 Å². The fraction of sp³-hybridized carbons (Fsp3) is 0.455. The molecule has 2 rings (SSSR count). The van der Waals surface area contributed by atoms with Crippen LogP contribution in [0.5, 0.6) is 0 Å². The third kappa shape index (κ3) is 3.08. The first-order chi connectivity index (χ1) is 8.58. The number of carbonyl (C=O) groups excluding carboxylic acids is 2. The molecule has 2 heterocycles. The van der Waals surface area contributed by atoms with Crippen LogP contribution >= 0.6 is 27.7 Å². The van der Waals surface area contributed by atoms with Crippen LogP contribution in [0.3, 0.4) is 0 Å². The molecule has 1 aliphatic rings. The number of amides is 1. The largest absolute Gasteiger partial charge is 0.295 e. The standard InChI is InChI=1S/C11H12BrN3O2S/c1-7(16)18-5-8-2-10(17)15(4-8)11-9(12)3-13-6-14-11/h3,6,8H,2,4-5H2,1H3. The lowest BCUT2D eigenvalue weighted by molar-refractivity contribution is -0.117. The van der Waals surface area contributed by atoms with Gasteiger partial charge in [0, 0.05) is 31.8 Å². The average Bonchev–Trinajstić information content (AvgIpc) is 2.69. The molecule has 0 bridgehead atoms. The zero-order chi connectivity index (χ0) is 13.1. The summed E-state index contributed by atoms with van der Waals surface area (Å²) in [6, 6.07) is 0. The molecule has 0 aliphatic carbocycles. The van der Waals surface area contributed by atoms with E-state index in [1.807, 2.05) is 0 Å². The highest BCUT2D eigenvalue weighted by atomic mass is 79.9. The van der Waals surface area contributed by atoms with Gasteiger partial charge < -0.3 is 0 Å². The van der Waals surface area contributed by atoms with Gasteiger partial charge in [-0.05, 0) is 21.8 Å². The lowest BCUT2D eigenvalue weighted by Gasteiger charge is -2.16. The lowest BCUT2D eigenvalue weighted by atomic mass is 10.1. The second-order valence-electron chi connectivity index (χ2n) is 4.07. The van der Waals surface area contributed by atoms with Crippen molar-refractivity contribution in [2.75, 3.05) is 17.2 Å². The predicted molar refractivity (Wildman–Crippen MR) is 73.3 cm³/mol. The lowest BCUT2D eigenvalue weighted by Crippen LogP contribution is -2.26. The number of rotatable bonds is 3. The van der Waals surface area contributed by atoms with E-state index in [-0.39, 0.29) is 16.9 Å². The van der Waals surface area contributed by atoms with Gasteiger partial charge in [0.1, 0.15) is 6.33 Å². The van der Waals surface area contributed by atoms with Crippen molar-refractivity contribution in [2.24, 2.45) is 5.92 Å². The molecule has 1 atom stereocenters. The molecule has 1 unspecified atom stereocenters. The van der Waals surface area contributed by atoms with E-state index in [4.69, 9.17) is 0 Å². The molecular weight excluding hydrogens is 318 g/mol. The van der Waals surface area contributed by atoms with Crippen molar-refractivity contribution in [1.82, 2.24) is 9.97 Å². The molecule has 5 nitrogen and oxygen atoms in total. The molecule has 1 amide bonds. The normalized spacial score (nSPS) is 19.3. The predicted octanol–water partition coefficient (Wildman–Crippen LogP) is 1.87. The fourth-order valence-electron chi connectivity index (χ4n) is 1.84. The summed E-state index contributed by atoms with van der Waals surface area (Å²) in [4.78, 5) is 32.5. The molecular formula is C11H12BrN3O2S. The number of thioether (sulfide) groups is 1. The second-order valence-corrected chi connectivity index (χ2v) is 6.12. The van der Waals surface area contributed by atoms with Gasteiger partial charge in [0.25, 0.3) is 0 Å². The van der Waals surface area contributed by atoms with Crippen molar-refractivity contribution < 1.29 is 9.59 Å². The molecule has 1 fully saturated rings. The van der Waals surface area contributed by atoms with Crippen molar-refractivity contribution in [3.63, 3.8) is 0 Å². The first-order valence-electron chi connectivity index (χ1n) is 5.47. The SMILES string of the molecule is CC(=O)SCC1CC(=O)N(c2ncncc2Br)C1. The molecule has 1 aliphatic heterocycles. The maximum Gasteiger partial charge on any atom is 0.228 e. The molecule has 1 aromatic heterocycles. The molecule has 0 spiro atoms. The van der Waals surface area contributed by atoms with Gasteiger partial charge in [0.05, 0.1) is 4.47 Å². The molecule has 0 aromatic carbocycles. The zero-order valence-electron chi connectivity index (χ0n) is 9.80. The molecule has 1 aromatic rings. The smallest absolute Gasteiger partial charge is 0.228 e. The number of aromatic nitrogens is 2. The Labute approximate surface area is 117 Å². The number of hydrogen-bond acceptors (Lipinski definition) is 5. The van der Waals surface area contributed by atoms with Crippen LogP contribution in [-0.4, -0.2) is 33.3 Å². The van der Waals surface area contributed by atoms with Gasteiger partial charge in [0.2, 0.25) is 5.91 Å². The Morgan fingerprint density at radius 1 is 1.67 bits per heavy atom. The fourth-order valence-corrected chi connectivity index (χ4v) is 2.97. The van der Waals surface area contributed by atoms with E-state index in [1.54, 1.807) is 18.0 Å². The number of anilines is 1. The van der Waals surface area contributed by atoms with Gasteiger partial charge in [-0.15, -0.1) is 0 Å². The highest BCUT2D eigenvalue weighted by Gasteiger charge is 2.32. The van der Waals surface area contributed by atoms with Crippen LogP contribution in [0.2, 0.25) is 0 Å². The van der Waals surface area contributed by atoms with E-state index in [9.17, 15) is 9.59 Å². The van der Waals surface area contributed by atoms with Crippen LogP contribution in [0, 0.1) is 5.92 Å². The second kappa shape index (κ2) is 5.79. The molecule has 18 heavy (non-hydrogen) atoms. The highest BCUT2D eigenvalue weighted by Crippen LogP contribution is 2.30. The maximum absolute atomic E-state index is 11.9. The Morgan fingerprint density at radius 3 is 3.11 bits per heavy atom. The van der Waals surface area contributed by atoms with Crippen molar-refractivity contribution >= 4 is 44.5 Å². The Kier molecular flexibility index (Phi) is 4.34. The number of carbonyl (C=O) groups is 2. The first-order valence-corrected chi connectivity index (χ1v) is 7.25. The van der Waals surface area contributed by atoms with Crippen molar-refractivity contribution in [2.45, 2.75) is 13.3 Å².